The molecule has 0 atom stereocenters. The number of hydrogen-bond donors (Lipinski definition) is 3. The molecule has 1 aromatic heterocycles. The fourth-order valence-corrected chi connectivity index (χ4v) is 5.46. The van der Waals surface area contributed by atoms with E-state index in [4.69, 9.17) is 11.1 Å². The molecule has 0 aliphatic carbocycles. The lowest BCUT2D eigenvalue weighted by Gasteiger charge is -2.39. The zero-order chi connectivity index (χ0) is 21.1. The SMILES string of the molecule is N=C(N)N1CCc2ccc(SCC3(C(=O)O)CCN(c4ccncc4)CC3)cc2C1. The number of guanidine groups is 1. The van der Waals surface area contributed by atoms with E-state index in [2.05, 4.69) is 28.1 Å². The van der Waals surface area contributed by atoms with Gasteiger partial charge in [0.1, 0.15) is 0 Å². The van der Waals surface area contributed by atoms with Crippen LogP contribution in [0.2, 0.25) is 0 Å². The van der Waals surface area contributed by atoms with Gasteiger partial charge in [-0.3, -0.25) is 15.2 Å². The molecule has 4 N–H and O–H groups in total. The van der Waals surface area contributed by atoms with Gasteiger partial charge < -0.3 is 20.6 Å². The third kappa shape index (κ3) is 4.23. The topological polar surface area (TPSA) is 107 Å². The van der Waals surface area contributed by atoms with Crippen LogP contribution in [0.4, 0.5) is 5.69 Å². The second-order valence-corrected chi connectivity index (χ2v) is 9.10. The Kier molecular flexibility index (Phi) is 5.85. The van der Waals surface area contributed by atoms with Crippen molar-refractivity contribution in [3.63, 3.8) is 0 Å². The van der Waals surface area contributed by atoms with E-state index in [1.165, 1.54) is 11.1 Å². The van der Waals surface area contributed by atoms with Gasteiger partial charge in [-0.15, -0.1) is 11.8 Å². The minimum absolute atomic E-state index is 0.101. The molecule has 0 saturated carbocycles. The third-order valence-corrected chi connectivity index (χ3v) is 7.53. The summed E-state index contributed by atoms with van der Waals surface area (Å²) < 4.78 is 0. The van der Waals surface area contributed by atoms with Crippen molar-refractivity contribution in [2.45, 2.75) is 30.7 Å². The van der Waals surface area contributed by atoms with Gasteiger partial charge in [-0.05, 0) is 54.7 Å². The van der Waals surface area contributed by atoms with Crippen LogP contribution < -0.4 is 10.6 Å². The van der Waals surface area contributed by atoms with Crippen molar-refractivity contribution < 1.29 is 9.90 Å². The lowest BCUT2D eigenvalue weighted by molar-refractivity contribution is -0.148. The normalized spacial score (nSPS) is 18.0. The molecule has 2 aliphatic rings. The van der Waals surface area contributed by atoms with Crippen molar-refractivity contribution in [1.82, 2.24) is 9.88 Å². The first-order chi connectivity index (χ1) is 14.5. The summed E-state index contributed by atoms with van der Waals surface area (Å²) in [6, 6.07) is 10.3. The zero-order valence-electron chi connectivity index (χ0n) is 16.9. The fraction of sp³-hybridized carbons (Fsp3) is 0.409. The van der Waals surface area contributed by atoms with E-state index < -0.39 is 11.4 Å². The molecule has 4 rings (SSSR count). The Morgan fingerprint density at radius 3 is 2.57 bits per heavy atom. The standard InChI is InChI=1S/C22H27N5O2S/c23-21(24)27-10-5-16-1-2-19(13-17(16)14-27)30-15-22(20(28)29)6-11-26(12-7-22)18-3-8-25-9-4-18/h1-4,8-9,13H,5-7,10-12,14-15H2,(H3,23,24)(H,28,29). The minimum atomic E-state index is -0.713. The number of carbonyl (C=O) groups is 1. The number of nitrogens with one attached hydrogen (secondary N) is 1. The number of carboxylic acid groups (broad SMARTS) is 1. The van der Waals surface area contributed by atoms with E-state index in [1.54, 1.807) is 24.2 Å². The van der Waals surface area contributed by atoms with Gasteiger partial charge >= 0.3 is 5.97 Å². The molecule has 2 aliphatic heterocycles. The molecule has 0 radical (unpaired) electrons. The summed E-state index contributed by atoms with van der Waals surface area (Å²) >= 11 is 1.62. The van der Waals surface area contributed by atoms with Crippen LogP contribution in [0.5, 0.6) is 0 Å². The molecule has 0 unspecified atom stereocenters. The molecule has 1 aromatic carbocycles. The maximum Gasteiger partial charge on any atom is 0.310 e. The Morgan fingerprint density at radius 2 is 1.90 bits per heavy atom. The number of aromatic nitrogens is 1. The summed E-state index contributed by atoms with van der Waals surface area (Å²) in [6.07, 6.45) is 5.67. The third-order valence-electron chi connectivity index (χ3n) is 6.25. The number of nitrogens with zero attached hydrogens (tertiary/aromatic N) is 3. The molecular weight excluding hydrogens is 398 g/mol. The molecule has 7 nitrogen and oxygen atoms in total. The van der Waals surface area contributed by atoms with Gasteiger partial charge in [0, 0.05) is 54.9 Å². The number of anilines is 1. The Bertz CT molecular complexity index is 928. The van der Waals surface area contributed by atoms with Crippen LogP contribution in [0.15, 0.2) is 47.6 Å². The van der Waals surface area contributed by atoms with Gasteiger partial charge in [0.15, 0.2) is 5.96 Å². The predicted octanol–water partition coefficient (Wildman–Crippen LogP) is 2.80. The molecule has 1 fully saturated rings. The van der Waals surface area contributed by atoms with E-state index in [1.807, 2.05) is 17.0 Å². The van der Waals surface area contributed by atoms with Crippen LogP contribution in [0.25, 0.3) is 0 Å². The number of piperidine rings is 1. The van der Waals surface area contributed by atoms with E-state index in [9.17, 15) is 9.90 Å². The smallest absolute Gasteiger partial charge is 0.310 e. The number of benzene rings is 1. The Morgan fingerprint density at radius 1 is 1.17 bits per heavy atom. The molecule has 30 heavy (non-hydrogen) atoms. The molecule has 0 spiro atoms. The highest BCUT2D eigenvalue weighted by Crippen LogP contribution is 2.39. The molecule has 0 amide bonds. The number of nitrogens with two attached hydrogens (primary N) is 1. The lowest BCUT2D eigenvalue weighted by Crippen LogP contribution is -2.46. The largest absolute Gasteiger partial charge is 0.481 e. The number of pyridine rings is 1. The van der Waals surface area contributed by atoms with Crippen molar-refractivity contribution in [3.8, 4) is 0 Å². The van der Waals surface area contributed by atoms with Crippen LogP contribution in [0.3, 0.4) is 0 Å². The van der Waals surface area contributed by atoms with Crippen LogP contribution in [0.1, 0.15) is 24.0 Å². The summed E-state index contributed by atoms with van der Waals surface area (Å²) in [5.74, 6) is -0.0450. The minimum Gasteiger partial charge on any atom is -0.481 e. The molecule has 158 valence electrons. The highest BCUT2D eigenvalue weighted by molar-refractivity contribution is 7.99. The number of carboxylic acids is 1. The van der Waals surface area contributed by atoms with Gasteiger partial charge in [-0.1, -0.05) is 6.07 Å². The van der Waals surface area contributed by atoms with Gasteiger partial charge in [0.2, 0.25) is 0 Å². The predicted molar refractivity (Wildman–Crippen MR) is 119 cm³/mol. The van der Waals surface area contributed by atoms with Crippen molar-refractivity contribution >= 4 is 29.4 Å². The maximum atomic E-state index is 12.2. The summed E-state index contributed by atoms with van der Waals surface area (Å²) in [5, 5.41) is 17.7. The summed E-state index contributed by atoms with van der Waals surface area (Å²) in [5.41, 5.74) is 8.51. The van der Waals surface area contributed by atoms with Crippen LogP contribution in [0, 0.1) is 10.8 Å². The summed E-state index contributed by atoms with van der Waals surface area (Å²) in [7, 11) is 0. The first-order valence-corrected chi connectivity index (χ1v) is 11.2. The summed E-state index contributed by atoms with van der Waals surface area (Å²) in [4.78, 5) is 21.4. The Hall–Kier alpha value is -2.74. The van der Waals surface area contributed by atoms with Crippen molar-refractivity contribution in [2.75, 3.05) is 30.3 Å². The van der Waals surface area contributed by atoms with Crippen molar-refractivity contribution in [1.29, 1.82) is 5.41 Å². The Labute approximate surface area is 180 Å². The average Bonchev–Trinajstić information content (AvgIpc) is 2.78. The zero-order valence-corrected chi connectivity index (χ0v) is 17.7. The molecule has 0 bridgehead atoms. The van der Waals surface area contributed by atoms with E-state index in [0.29, 0.717) is 25.1 Å². The molecule has 2 aromatic rings. The molecular formula is C22H27N5O2S. The number of rotatable bonds is 5. The van der Waals surface area contributed by atoms with Gasteiger partial charge in [0.25, 0.3) is 0 Å². The second kappa shape index (κ2) is 8.55. The van der Waals surface area contributed by atoms with Crippen LogP contribution >= 0.6 is 11.8 Å². The summed E-state index contributed by atoms with van der Waals surface area (Å²) in [6.45, 7) is 2.87. The second-order valence-electron chi connectivity index (χ2n) is 8.05. The number of aliphatic carboxylic acids is 1. The molecule has 8 heteroatoms. The van der Waals surface area contributed by atoms with Crippen molar-refractivity contribution in [2.24, 2.45) is 11.1 Å². The first kappa shape index (κ1) is 20.5. The first-order valence-electron chi connectivity index (χ1n) is 10.2. The highest BCUT2D eigenvalue weighted by Gasteiger charge is 2.41. The highest BCUT2D eigenvalue weighted by atomic mass is 32.2. The van der Waals surface area contributed by atoms with Crippen molar-refractivity contribution in [3.05, 3.63) is 53.9 Å². The monoisotopic (exact) mass is 425 g/mol. The molecule has 3 heterocycles. The quantitative estimate of drug-likeness (QED) is 0.384. The van der Waals surface area contributed by atoms with E-state index >= 15 is 0 Å². The Balaban J connectivity index is 1.42. The van der Waals surface area contributed by atoms with E-state index in [0.717, 1.165) is 36.6 Å². The fourth-order valence-electron chi connectivity index (χ4n) is 4.22. The average molecular weight is 426 g/mol. The number of hydrogen-bond acceptors (Lipinski definition) is 5. The molecule has 1 saturated heterocycles. The van der Waals surface area contributed by atoms with E-state index in [-0.39, 0.29) is 5.96 Å². The van der Waals surface area contributed by atoms with Gasteiger partial charge in [0.05, 0.1) is 5.41 Å². The van der Waals surface area contributed by atoms with Gasteiger partial charge in [-0.2, -0.15) is 0 Å². The number of fused-ring (bicyclic) bond motifs is 1. The lowest BCUT2D eigenvalue weighted by atomic mass is 9.80. The van der Waals surface area contributed by atoms with Crippen LogP contribution in [-0.4, -0.2) is 52.3 Å². The van der Waals surface area contributed by atoms with Crippen LogP contribution in [-0.2, 0) is 17.8 Å². The maximum absolute atomic E-state index is 12.2. The van der Waals surface area contributed by atoms with Gasteiger partial charge in [-0.25, -0.2) is 0 Å². The number of thioether (sulfide) groups is 1.